The van der Waals surface area contributed by atoms with Gasteiger partial charge in [-0.15, -0.1) is 12.4 Å². The zero-order valence-electron chi connectivity index (χ0n) is 12.9. The molecule has 1 atom stereocenters. The van der Waals surface area contributed by atoms with E-state index in [1.54, 1.807) is 24.3 Å². The highest BCUT2D eigenvalue weighted by Gasteiger charge is 2.31. The van der Waals surface area contributed by atoms with E-state index in [9.17, 15) is 14.3 Å². The van der Waals surface area contributed by atoms with E-state index in [4.69, 9.17) is 0 Å². The molecule has 23 heavy (non-hydrogen) atoms. The first-order valence-corrected chi connectivity index (χ1v) is 7.40. The summed E-state index contributed by atoms with van der Waals surface area (Å²) >= 11 is 0. The second-order valence-electron chi connectivity index (χ2n) is 5.76. The first-order valence-electron chi connectivity index (χ1n) is 7.40. The molecule has 1 fully saturated rings. The topological polar surface area (TPSA) is 43.8 Å². The molecule has 2 aromatic rings. The van der Waals surface area contributed by atoms with E-state index in [1.807, 2.05) is 18.0 Å². The lowest BCUT2D eigenvalue weighted by atomic mass is 9.97. The van der Waals surface area contributed by atoms with Gasteiger partial charge in [0.2, 0.25) is 0 Å². The summed E-state index contributed by atoms with van der Waals surface area (Å²) in [5, 5.41) is 10.9. The number of carboxylic acid groups (broad SMARTS) is 1. The second-order valence-corrected chi connectivity index (χ2v) is 5.76. The van der Waals surface area contributed by atoms with E-state index in [0.29, 0.717) is 29.4 Å². The molecule has 1 aliphatic heterocycles. The number of hydrogen-bond donors (Lipinski definition) is 1. The highest BCUT2D eigenvalue weighted by molar-refractivity contribution is 5.91. The molecular weight excluding hydrogens is 319 g/mol. The number of halogens is 2. The Morgan fingerprint density at radius 3 is 2.30 bits per heavy atom. The molecule has 4 nitrogen and oxygen atoms in total. The van der Waals surface area contributed by atoms with Crippen LogP contribution in [0.4, 0.5) is 4.39 Å². The molecule has 0 amide bonds. The summed E-state index contributed by atoms with van der Waals surface area (Å²) < 4.78 is 14.0. The molecule has 1 aliphatic rings. The Hall–Kier alpha value is -1.69. The van der Waals surface area contributed by atoms with Gasteiger partial charge < -0.3 is 10.0 Å². The second kappa shape index (κ2) is 7.25. The van der Waals surface area contributed by atoms with Crippen molar-refractivity contribution in [3.63, 3.8) is 0 Å². The fourth-order valence-electron chi connectivity index (χ4n) is 3.09. The quantitative estimate of drug-likeness (QED) is 0.934. The Morgan fingerprint density at radius 2 is 1.70 bits per heavy atom. The van der Waals surface area contributed by atoms with Gasteiger partial charge in [0.25, 0.3) is 0 Å². The first-order chi connectivity index (χ1) is 10.6. The Bertz CT molecular complexity index is 702. The molecule has 2 aromatic carbocycles. The van der Waals surface area contributed by atoms with Crippen molar-refractivity contribution in [2.24, 2.45) is 0 Å². The predicted molar refractivity (Wildman–Crippen MR) is 90.6 cm³/mol. The molecule has 0 saturated carbocycles. The van der Waals surface area contributed by atoms with Crippen LogP contribution in [0.1, 0.15) is 11.6 Å². The number of carboxylic acids is 1. The van der Waals surface area contributed by atoms with Gasteiger partial charge in [-0.25, -0.2) is 4.39 Å². The summed E-state index contributed by atoms with van der Waals surface area (Å²) in [4.78, 5) is 16.0. The van der Waals surface area contributed by atoms with Crippen molar-refractivity contribution in [1.82, 2.24) is 9.80 Å². The number of piperazine rings is 1. The smallest absolute Gasteiger partial charge is 0.325 e. The maximum atomic E-state index is 14.0. The molecular formula is C17H20ClFN2O2. The lowest BCUT2D eigenvalue weighted by Crippen LogP contribution is -2.47. The third-order valence-corrected chi connectivity index (χ3v) is 4.34. The monoisotopic (exact) mass is 338 g/mol. The number of fused-ring (bicyclic) bond motifs is 1. The summed E-state index contributed by atoms with van der Waals surface area (Å²) in [6.45, 7) is 3.06. The van der Waals surface area contributed by atoms with Gasteiger partial charge in [-0.1, -0.05) is 30.3 Å². The number of rotatable bonds is 3. The summed E-state index contributed by atoms with van der Waals surface area (Å²) in [6, 6.07) is 9.30. The van der Waals surface area contributed by atoms with Gasteiger partial charge in [0, 0.05) is 31.6 Å². The zero-order valence-corrected chi connectivity index (χ0v) is 13.7. The van der Waals surface area contributed by atoms with Crippen molar-refractivity contribution < 1.29 is 14.3 Å². The minimum absolute atomic E-state index is 0. The number of hydrogen-bond acceptors (Lipinski definition) is 3. The van der Waals surface area contributed by atoms with Crippen LogP contribution in [0, 0.1) is 5.82 Å². The van der Waals surface area contributed by atoms with Gasteiger partial charge in [0.05, 0.1) is 0 Å². The summed E-state index contributed by atoms with van der Waals surface area (Å²) in [7, 11) is 2.03. The van der Waals surface area contributed by atoms with Crippen LogP contribution < -0.4 is 0 Å². The van der Waals surface area contributed by atoms with E-state index in [-0.39, 0.29) is 18.2 Å². The van der Waals surface area contributed by atoms with Crippen molar-refractivity contribution in [3.05, 3.63) is 47.8 Å². The molecule has 1 N–H and O–H groups in total. The average molecular weight is 339 g/mol. The van der Waals surface area contributed by atoms with E-state index < -0.39 is 12.0 Å². The number of likely N-dealkylation sites (N-methyl/N-ethyl adjacent to an activating group) is 1. The van der Waals surface area contributed by atoms with Crippen LogP contribution in [-0.2, 0) is 4.79 Å². The number of nitrogens with zero attached hydrogens (tertiary/aromatic N) is 2. The normalized spacial score (nSPS) is 17.7. The van der Waals surface area contributed by atoms with E-state index >= 15 is 0 Å². The van der Waals surface area contributed by atoms with Crippen LogP contribution in [0.5, 0.6) is 0 Å². The largest absolute Gasteiger partial charge is 0.480 e. The predicted octanol–water partition coefficient (Wildman–Crippen LogP) is 2.77. The average Bonchev–Trinajstić information content (AvgIpc) is 2.52. The number of benzene rings is 2. The molecule has 0 aromatic heterocycles. The maximum Gasteiger partial charge on any atom is 0.325 e. The first kappa shape index (κ1) is 17.7. The molecule has 124 valence electrons. The molecule has 0 bridgehead atoms. The number of carbonyl (C=O) groups is 1. The van der Waals surface area contributed by atoms with Gasteiger partial charge >= 0.3 is 5.97 Å². The molecule has 3 rings (SSSR count). The summed E-state index contributed by atoms with van der Waals surface area (Å²) in [5.74, 6) is -1.21. The number of aliphatic carboxylic acids is 1. The van der Waals surface area contributed by atoms with Crippen LogP contribution in [0.2, 0.25) is 0 Å². The minimum Gasteiger partial charge on any atom is -0.480 e. The Kier molecular flexibility index (Phi) is 5.57. The van der Waals surface area contributed by atoms with Crippen LogP contribution >= 0.6 is 12.4 Å². The zero-order chi connectivity index (χ0) is 15.7. The van der Waals surface area contributed by atoms with Crippen LogP contribution in [0.3, 0.4) is 0 Å². The fourth-order valence-corrected chi connectivity index (χ4v) is 3.09. The lowest BCUT2D eigenvalue weighted by molar-refractivity contribution is -0.144. The van der Waals surface area contributed by atoms with E-state index in [1.165, 1.54) is 6.07 Å². The molecule has 0 spiro atoms. The molecule has 1 unspecified atom stereocenters. The molecule has 6 heteroatoms. The van der Waals surface area contributed by atoms with Crippen molar-refractivity contribution in [1.29, 1.82) is 0 Å². The fraction of sp³-hybridized carbons (Fsp3) is 0.353. The van der Waals surface area contributed by atoms with Gasteiger partial charge in [-0.2, -0.15) is 0 Å². The van der Waals surface area contributed by atoms with Crippen molar-refractivity contribution in [3.8, 4) is 0 Å². The van der Waals surface area contributed by atoms with Gasteiger partial charge in [0.15, 0.2) is 0 Å². The maximum absolute atomic E-state index is 14.0. The van der Waals surface area contributed by atoms with E-state index in [2.05, 4.69) is 4.90 Å². The summed E-state index contributed by atoms with van der Waals surface area (Å²) in [5.41, 5.74) is 0.661. The highest BCUT2D eigenvalue weighted by atomic mass is 35.5. The van der Waals surface area contributed by atoms with Crippen LogP contribution in [-0.4, -0.2) is 54.1 Å². The SMILES string of the molecule is CN1CCN(C(C(=O)O)c2ccc(F)c3ccccc23)CC1.Cl. The van der Waals surface area contributed by atoms with Crippen molar-refractivity contribution in [2.45, 2.75) is 6.04 Å². The Balaban J connectivity index is 0.00000192. The van der Waals surface area contributed by atoms with Crippen molar-refractivity contribution in [2.75, 3.05) is 33.2 Å². The van der Waals surface area contributed by atoms with Crippen molar-refractivity contribution >= 4 is 29.1 Å². The van der Waals surface area contributed by atoms with Gasteiger partial charge in [-0.05, 0) is 24.1 Å². The van der Waals surface area contributed by atoms with Crippen LogP contribution in [0.25, 0.3) is 10.8 Å². The molecule has 1 saturated heterocycles. The molecule has 1 heterocycles. The van der Waals surface area contributed by atoms with Gasteiger partial charge in [0.1, 0.15) is 11.9 Å². The third kappa shape index (κ3) is 3.47. The molecule has 0 aliphatic carbocycles. The van der Waals surface area contributed by atoms with Gasteiger partial charge in [-0.3, -0.25) is 9.69 Å². The lowest BCUT2D eigenvalue weighted by Gasteiger charge is -2.36. The summed E-state index contributed by atoms with van der Waals surface area (Å²) in [6.07, 6.45) is 0. The Labute approximate surface area is 140 Å². The minimum atomic E-state index is -0.888. The van der Waals surface area contributed by atoms with Crippen LogP contribution in [0.15, 0.2) is 36.4 Å². The van der Waals surface area contributed by atoms with E-state index in [0.717, 1.165) is 13.1 Å². The Morgan fingerprint density at radius 1 is 1.09 bits per heavy atom. The highest BCUT2D eigenvalue weighted by Crippen LogP contribution is 2.30. The molecule has 0 radical (unpaired) electrons. The third-order valence-electron chi connectivity index (χ3n) is 4.34. The standard InChI is InChI=1S/C17H19FN2O2.ClH/c1-19-8-10-20(11-9-19)16(17(21)22)14-6-7-15(18)13-5-3-2-4-12(13)14;/h2-7,16H,8-11H2,1H3,(H,21,22);1H.